The molecule has 1 amide bonds. The highest BCUT2D eigenvalue weighted by Gasteiger charge is 2.20. The third-order valence-electron chi connectivity index (χ3n) is 4.85. The number of nitrogens with zero attached hydrogens (tertiary/aromatic N) is 1. The molecule has 5 nitrogen and oxygen atoms in total. The third-order valence-corrected chi connectivity index (χ3v) is 4.85. The molecule has 0 saturated heterocycles. The Bertz CT molecular complexity index is 893. The Morgan fingerprint density at radius 1 is 1.21 bits per heavy atom. The van der Waals surface area contributed by atoms with Crippen molar-refractivity contribution in [2.75, 3.05) is 20.2 Å². The molecular weight excluding hydrogens is 359 g/mol. The Morgan fingerprint density at radius 2 is 1.96 bits per heavy atom. The molecule has 28 heavy (non-hydrogen) atoms. The predicted molar refractivity (Wildman–Crippen MR) is 105 cm³/mol. The van der Waals surface area contributed by atoms with E-state index in [0.29, 0.717) is 25.1 Å². The summed E-state index contributed by atoms with van der Waals surface area (Å²) in [4.78, 5) is 25.6. The first-order valence-electron chi connectivity index (χ1n) is 9.14. The zero-order valence-corrected chi connectivity index (χ0v) is 15.7. The molecule has 1 aliphatic rings. The Hall–Kier alpha value is -2.99. The highest BCUT2D eigenvalue weighted by Crippen LogP contribution is 2.24. The first-order chi connectivity index (χ1) is 13.5. The maximum Gasteiger partial charge on any atom is 0.322 e. The van der Waals surface area contributed by atoms with E-state index in [0.717, 1.165) is 23.1 Å². The van der Waals surface area contributed by atoms with Gasteiger partial charge in [0.1, 0.15) is 11.9 Å². The van der Waals surface area contributed by atoms with Crippen LogP contribution in [0.15, 0.2) is 54.6 Å². The number of methoxy groups -OCH3 is 1. The molecule has 2 aromatic carbocycles. The molecule has 0 fully saturated rings. The second-order valence-electron chi connectivity index (χ2n) is 6.77. The Labute approximate surface area is 163 Å². The first-order valence-corrected chi connectivity index (χ1v) is 9.14. The molecule has 6 heteroatoms. The second kappa shape index (κ2) is 8.80. The molecular formula is C22H23FN2O3. The van der Waals surface area contributed by atoms with E-state index >= 15 is 0 Å². The summed E-state index contributed by atoms with van der Waals surface area (Å²) < 4.78 is 18.0. The highest BCUT2D eigenvalue weighted by atomic mass is 19.1. The smallest absolute Gasteiger partial charge is 0.322 e. The van der Waals surface area contributed by atoms with Crippen LogP contribution in [-0.2, 0) is 16.0 Å². The zero-order chi connectivity index (χ0) is 20.1. The van der Waals surface area contributed by atoms with Crippen molar-refractivity contribution in [1.82, 2.24) is 4.90 Å². The molecule has 0 aromatic heterocycles. The van der Waals surface area contributed by atoms with Crippen molar-refractivity contribution in [1.29, 1.82) is 0 Å². The highest BCUT2D eigenvalue weighted by molar-refractivity contribution is 5.94. The number of ether oxygens (including phenoxy) is 1. The molecule has 146 valence electrons. The van der Waals surface area contributed by atoms with Crippen LogP contribution in [0.25, 0.3) is 5.57 Å². The molecule has 0 spiro atoms. The molecule has 0 radical (unpaired) electrons. The van der Waals surface area contributed by atoms with E-state index in [2.05, 4.69) is 4.74 Å². The molecule has 3 rings (SSSR count). The largest absolute Gasteiger partial charge is 0.468 e. The molecule has 2 aromatic rings. The van der Waals surface area contributed by atoms with E-state index in [-0.39, 0.29) is 5.91 Å². The summed E-state index contributed by atoms with van der Waals surface area (Å²) in [6.45, 7) is 1.07. The van der Waals surface area contributed by atoms with Crippen molar-refractivity contribution in [3.05, 3.63) is 77.1 Å². The van der Waals surface area contributed by atoms with Crippen LogP contribution in [0, 0.1) is 5.82 Å². The summed E-state index contributed by atoms with van der Waals surface area (Å²) in [5.41, 5.74) is 9.35. The molecule has 0 bridgehead atoms. The minimum Gasteiger partial charge on any atom is -0.468 e. The molecule has 1 atom stereocenters. The summed E-state index contributed by atoms with van der Waals surface area (Å²) >= 11 is 0. The summed E-state index contributed by atoms with van der Waals surface area (Å²) in [6, 6.07) is 13.0. The number of hydrogen-bond donors (Lipinski definition) is 1. The van der Waals surface area contributed by atoms with Gasteiger partial charge in [-0.1, -0.05) is 36.4 Å². The summed E-state index contributed by atoms with van der Waals surface area (Å²) in [5, 5.41) is 0. The van der Waals surface area contributed by atoms with E-state index in [1.165, 1.54) is 19.2 Å². The SMILES string of the molecule is COC(=O)[C@@H](N)Cc1ccc(C2=CCN(C(=O)c3cccc(F)c3)CC2)cc1. The van der Waals surface area contributed by atoms with Crippen molar-refractivity contribution >= 4 is 17.4 Å². The molecule has 2 N–H and O–H groups in total. The minimum atomic E-state index is -0.674. The van der Waals surface area contributed by atoms with Gasteiger partial charge >= 0.3 is 5.97 Å². The van der Waals surface area contributed by atoms with E-state index < -0.39 is 17.8 Å². The molecule has 1 aliphatic heterocycles. The van der Waals surface area contributed by atoms with Crippen LogP contribution in [-0.4, -0.2) is 43.0 Å². The number of carbonyl (C=O) groups excluding carboxylic acids is 2. The number of nitrogens with two attached hydrogens (primary N) is 1. The number of esters is 1. The van der Waals surface area contributed by atoms with Crippen LogP contribution >= 0.6 is 0 Å². The molecule has 1 heterocycles. The molecule has 0 unspecified atom stereocenters. The number of halogens is 1. The standard InChI is InChI=1S/C22H23FN2O3/c1-28-22(27)20(24)13-15-5-7-16(8-6-15)17-9-11-25(12-10-17)21(26)18-3-2-4-19(23)14-18/h2-9,14,20H,10-13,24H2,1H3/t20-/m0/s1. The van der Waals surface area contributed by atoms with Crippen LogP contribution in [0.5, 0.6) is 0 Å². The van der Waals surface area contributed by atoms with Crippen LogP contribution in [0.3, 0.4) is 0 Å². The summed E-state index contributed by atoms with van der Waals surface area (Å²) in [5.74, 6) is -1.00. The average molecular weight is 382 g/mol. The second-order valence-corrected chi connectivity index (χ2v) is 6.77. The summed E-state index contributed by atoms with van der Waals surface area (Å²) in [7, 11) is 1.32. The van der Waals surface area contributed by atoms with E-state index in [1.54, 1.807) is 17.0 Å². The number of hydrogen-bond acceptors (Lipinski definition) is 4. The van der Waals surface area contributed by atoms with Gasteiger partial charge in [-0.3, -0.25) is 9.59 Å². The number of amides is 1. The Balaban J connectivity index is 1.63. The van der Waals surface area contributed by atoms with Crippen molar-refractivity contribution in [3.8, 4) is 0 Å². The van der Waals surface area contributed by atoms with Crippen LogP contribution in [0.4, 0.5) is 4.39 Å². The lowest BCUT2D eigenvalue weighted by molar-refractivity contribution is -0.142. The fourth-order valence-corrected chi connectivity index (χ4v) is 3.26. The topological polar surface area (TPSA) is 72.6 Å². The Morgan fingerprint density at radius 3 is 2.57 bits per heavy atom. The normalized spacial score (nSPS) is 15.0. The first kappa shape index (κ1) is 19.8. The predicted octanol–water partition coefficient (Wildman–Crippen LogP) is 2.80. The minimum absolute atomic E-state index is 0.165. The van der Waals surface area contributed by atoms with Gasteiger partial charge in [-0.15, -0.1) is 0 Å². The maximum absolute atomic E-state index is 13.3. The van der Waals surface area contributed by atoms with E-state index in [1.807, 2.05) is 30.3 Å². The lowest BCUT2D eigenvalue weighted by Crippen LogP contribution is -2.34. The van der Waals surface area contributed by atoms with Crippen molar-refractivity contribution < 1.29 is 18.7 Å². The number of benzene rings is 2. The summed E-state index contributed by atoms with van der Waals surface area (Å²) in [6.07, 6.45) is 3.17. The van der Waals surface area contributed by atoms with E-state index in [4.69, 9.17) is 5.73 Å². The van der Waals surface area contributed by atoms with Gasteiger partial charge in [0, 0.05) is 18.7 Å². The molecule has 0 saturated carbocycles. The van der Waals surface area contributed by atoms with Crippen molar-refractivity contribution in [2.45, 2.75) is 18.9 Å². The average Bonchev–Trinajstić information content (AvgIpc) is 2.73. The van der Waals surface area contributed by atoms with Gasteiger partial charge in [0.05, 0.1) is 7.11 Å². The lowest BCUT2D eigenvalue weighted by atomic mass is 9.96. The van der Waals surface area contributed by atoms with Crippen LogP contribution < -0.4 is 5.73 Å². The van der Waals surface area contributed by atoms with Crippen molar-refractivity contribution in [2.24, 2.45) is 5.73 Å². The van der Waals surface area contributed by atoms with E-state index in [9.17, 15) is 14.0 Å². The number of carbonyl (C=O) groups is 2. The van der Waals surface area contributed by atoms with Gasteiger partial charge in [0.25, 0.3) is 5.91 Å². The fourth-order valence-electron chi connectivity index (χ4n) is 3.26. The zero-order valence-electron chi connectivity index (χ0n) is 15.7. The van der Waals surface area contributed by atoms with Gasteiger partial charge in [-0.05, 0) is 47.7 Å². The van der Waals surface area contributed by atoms with Gasteiger partial charge in [0.15, 0.2) is 0 Å². The van der Waals surface area contributed by atoms with Crippen LogP contribution in [0.2, 0.25) is 0 Å². The number of rotatable bonds is 5. The lowest BCUT2D eigenvalue weighted by Gasteiger charge is -2.27. The monoisotopic (exact) mass is 382 g/mol. The van der Waals surface area contributed by atoms with Gasteiger partial charge in [-0.2, -0.15) is 0 Å². The van der Waals surface area contributed by atoms with Gasteiger partial charge < -0.3 is 15.4 Å². The van der Waals surface area contributed by atoms with Crippen molar-refractivity contribution in [3.63, 3.8) is 0 Å². The molecule has 0 aliphatic carbocycles. The quantitative estimate of drug-likeness (QED) is 0.807. The van der Waals surface area contributed by atoms with Gasteiger partial charge in [-0.25, -0.2) is 4.39 Å². The van der Waals surface area contributed by atoms with Crippen LogP contribution in [0.1, 0.15) is 27.9 Å². The maximum atomic E-state index is 13.3. The van der Waals surface area contributed by atoms with Gasteiger partial charge in [0.2, 0.25) is 0 Å². The Kier molecular flexibility index (Phi) is 6.21. The fraction of sp³-hybridized carbons (Fsp3) is 0.273. The third kappa shape index (κ3) is 4.64.